The zero-order chi connectivity index (χ0) is 14.4. The van der Waals surface area contributed by atoms with Gasteiger partial charge in [0.15, 0.2) is 17.3 Å². The largest absolute Gasteiger partial charge is 0.454 e. The lowest BCUT2D eigenvalue weighted by Crippen LogP contribution is -2.24. The van der Waals surface area contributed by atoms with Crippen LogP contribution < -0.4 is 14.8 Å². The third-order valence-electron chi connectivity index (χ3n) is 3.94. The van der Waals surface area contributed by atoms with Crippen LogP contribution in [-0.4, -0.2) is 28.1 Å². The molecule has 3 heterocycles. The predicted octanol–water partition coefficient (Wildman–Crippen LogP) is 2.54. The van der Waals surface area contributed by atoms with E-state index in [0.717, 1.165) is 36.2 Å². The highest BCUT2D eigenvalue weighted by Crippen LogP contribution is 2.37. The summed E-state index contributed by atoms with van der Waals surface area (Å²) in [5.41, 5.74) is 1.18. The van der Waals surface area contributed by atoms with Crippen LogP contribution in [0.5, 0.6) is 11.5 Å². The van der Waals surface area contributed by atoms with Gasteiger partial charge in [0, 0.05) is 12.5 Å². The molecule has 110 valence electrons. The Kier molecular flexibility index (Phi) is 2.77. The molecule has 6 nitrogen and oxygen atoms in total. The van der Waals surface area contributed by atoms with E-state index in [2.05, 4.69) is 41.4 Å². The molecule has 0 saturated heterocycles. The first kappa shape index (κ1) is 12.5. The lowest BCUT2D eigenvalue weighted by atomic mass is 10.0. The van der Waals surface area contributed by atoms with Crippen molar-refractivity contribution in [3.8, 4) is 11.5 Å². The maximum absolute atomic E-state index is 5.48. The SMILES string of the molecule is CC(C)c1nc2n(n1)C(c1ccc3c(c1)OCO3)CCN2. The Morgan fingerprint density at radius 2 is 2.14 bits per heavy atom. The van der Waals surface area contributed by atoms with Crippen LogP contribution in [0.15, 0.2) is 18.2 Å². The average molecular weight is 286 g/mol. The van der Waals surface area contributed by atoms with Gasteiger partial charge < -0.3 is 14.8 Å². The van der Waals surface area contributed by atoms with E-state index in [1.54, 1.807) is 0 Å². The van der Waals surface area contributed by atoms with Gasteiger partial charge >= 0.3 is 0 Å². The van der Waals surface area contributed by atoms with Crippen LogP contribution >= 0.6 is 0 Å². The van der Waals surface area contributed by atoms with Crippen molar-refractivity contribution in [1.82, 2.24) is 14.8 Å². The molecule has 0 bridgehead atoms. The fourth-order valence-electron chi connectivity index (χ4n) is 2.79. The number of rotatable bonds is 2. The average Bonchev–Trinajstić information content (AvgIpc) is 3.12. The number of hydrogen-bond donors (Lipinski definition) is 1. The van der Waals surface area contributed by atoms with Crippen LogP contribution in [0.1, 0.15) is 43.6 Å². The number of nitrogens with one attached hydrogen (secondary N) is 1. The highest BCUT2D eigenvalue weighted by atomic mass is 16.7. The number of nitrogens with zero attached hydrogens (tertiary/aromatic N) is 3. The van der Waals surface area contributed by atoms with Gasteiger partial charge in [-0.25, -0.2) is 4.68 Å². The Balaban J connectivity index is 1.74. The molecule has 0 aliphatic carbocycles. The van der Waals surface area contributed by atoms with Crippen molar-refractivity contribution < 1.29 is 9.47 Å². The van der Waals surface area contributed by atoms with Gasteiger partial charge in [0.05, 0.1) is 6.04 Å². The smallest absolute Gasteiger partial charge is 0.231 e. The van der Waals surface area contributed by atoms with E-state index >= 15 is 0 Å². The number of fused-ring (bicyclic) bond motifs is 2. The standard InChI is InChI=1S/C15H18N4O2/c1-9(2)14-17-15-16-6-5-11(19(15)18-14)10-3-4-12-13(7-10)21-8-20-12/h3-4,7,9,11H,5-6,8H2,1-2H3,(H,16,17,18). The van der Waals surface area contributed by atoms with E-state index in [9.17, 15) is 0 Å². The molecule has 21 heavy (non-hydrogen) atoms. The highest BCUT2D eigenvalue weighted by Gasteiger charge is 2.26. The monoisotopic (exact) mass is 286 g/mol. The molecular formula is C15H18N4O2. The molecular weight excluding hydrogens is 268 g/mol. The second-order valence-corrected chi connectivity index (χ2v) is 5.74. The number of ether oxygens (including phenoxy) is 2. The number of benzene rings is 1. The lowest BCUT2D eigenvalue weighted by Gasteiger charge is -2.24. The molecule has 0 amide bonds. The number of anilines is 1. The molecule has 1 unspecified atom stereocenters. The van der Waals surface area contributed by atoms with Crippen molar-refractivity contribution >= 4 is 5.95 Å². The first-order valence-electron chi connectivity index (χ1n) is 7.32. The van der Waals surface area contributed by atoms with Crippen LogP contribution in [0, 0.1) is 0 Å². The summed E-state index contributed by atoms with van der Waals surface area (Å²) in [5.74, 6) is 3.69. The molecule has 2 aromatic rings. The number of aromatic nitrogens is 3. The van der Waals surface area contributed by atoms with Gasteiger partial charge in [0.25, 0.3) is 0 Å². The van der Waals surface area contributed by atoms with E-state index in [1.807, 2.05) is 10.7 Å². The summed E-state index contributed by atoms with van der Waals surface area (Å²) in [4.78, 5) is 4.58. The summed E-state index contributed by atoms with van der Waals surface area (Å²) >= 11 is 0. The Morgan fingerprint density at radius 3 is 3.00 bits per heavy atom. The minimum absolute atomic E-state index is 0.191. The molecule has 1 atom stereocenters. The quantitative estimate of drug-likeness (QED) is 0.919. The zero-order valence-electron chi connectivity index (χ0n) is 12.2. The summed E-state index contributed by atoms with van der Waals surface area (Å²) in [6.07, 6.45) is 0.980. The molecule has 1 aromatic heterocycles. The minimum atomic E-state index is 0.191. The van der Waals surface area contributed by atoms with Crippen molar-refractivity contribution in [2.45, 2.75) is 32.2 Å². The first-order valence-corrected chi connectivity index (χ1v) is 7.32. The van der Waals surface area contributed by atoms with Crippen LogP contribution in [-0.2, 0) is 0 Å². The van der Waals surface area contributed by atoms with Crippen molar-refractivity contribution in [2.24, 2.45) is 0 Å². The van der Waals surface area contributed by atoms with Gasteiger partial charge in [0.2, 0.25) is 12.7 Å². The molecule has 2 aliphatic rings. The Bertz CT molecular complexity index is 680. The van der Waals surface area contributed by atoms with Crippen molar-refractivity contribution in [3.63, 3.8) is 0 Å². The third kappa shape index (κ3) is 2.02. The normalized spacial score (nSPS) is 19.5. The van der Waals surface area contributed by atoms with Crippen LogP contribution in [0.2, 0.25) is 0 Å². The molecule has 0 radical (unpaired) electrons. The predicted molar refractivity (Wildman–Crippen MR) is 77.9 cm³/mol. The Morgan fingerprint density at radius 1 is 1.29 bits per heavy atom. The van der Waals surface area contributed by atoms with Gasteiger partial charge in [0.1, 0.15) is 0 Å². The molecule has 2 aliphatic heterocycles. The maximum Gasteiger partial charge on any atom is 0.231 e. The summed E-state index contributed by atoms with van der Waals surface area (Å²) < 4.78 is 12.9. The second-order valence-electron chi connectivity index (χ2n) is 5.74. The van der Waals surface area contributed by atoms with E-state index < -0.39 is 0 Å². The van der Waals surface area contributed by atoms with Gasteiger partial charge in [-0.05, 0) is 24.1 Å². The first-order chi connectivity index (χ1) is 10.2. The molecule has 1 aromatic carbocycles. The van der Waals surface area contributed by atoms with Crippen molar-refractivity contribution in [2.75, 3.05) is 18.7 Å². The maximum atomic E-state index is 5.48. The summed E-state index contributed by atoms with van der Waals surface area (Å²) in [6, 6.07) is 6.30. The molecule has 0 fully saturated rings. The van der Waals surface area contributed by atoms with Crippen LogP contribution in [0.25, 0.3) is 0 Å². The van der Waals surface area contributed by atoms with Crippen LogP contribution in [0.3, 0.4) is 0 Å². The van der Waals surface area contributed by atoms with Gasteiger partial charge in [-0.1, -0.05) is 19.9 Å². The lowest BCUT2D eigenvalue weighted by molar-refractivity contribution is 0.174. The van der Waals surface area contributed by atoms with E-state index in [-0.39, 0.29) is 6.04 Å². The van der Waals surface area contributed by atoms with E-state index in [4.69, 9.17) is 9.47 Å². The number of hydrogen-bond acceptors (Lipinski definition) is 5. The fourth-order valence-corrected chi connectivity index (χ4v) is 2.79. The Labute approximate surface area is 123 Å². The second kappa shape index (κ2) is 4.65. The molecule has 1 N–H and O–H groups in total. The molecule has 4 rings (SSSR count). The molecule has 0 spiro atoms. The van der Waals surface area contributed by atoms with Gasteiger partial charge in [-0.15, -0.1) is 0 Å². The van der Waals surface area contributed by atoms with Gasteiger partial charge in [-0.2, -0.15) is 10.1 Å². The summed E-state index contributed by atoms with van der Waals surface area (Å²) in [6.45, 7) is 5.42. The summed E-state index contributed by atoms with van der Waals surface area (Å²) in [7, 11) is 0. The van der Waals surface area contributed by atoms with E-state index in [1.165, 1.54) is 5.56 Å². The van der Waals surface area contributed by atoms with Crippen LogP contribution in [0.4, 0.5) is 5.95 Å². The zero-order valence-corrected chi connectivity index (χ0v) is 12.2. The van der Waals surface area contributed by atoms with Crippen molar-refractivity contribution in [1.29, 1.82) is 0 Å². The molecule has 6 heteroatoms. The minimum Gasteiger partial charge on any atom is -0.454 e. The Hall–Kier alpha value is -2.24. The fraction of sp³-hybridized carbons (Fsp3) is 0.467. The van der Waals surface area contributed by atoms with Gasteiger partial charge in [-0.3, -0.25) is 0 Å². The molecule has 0 saturated carbocycles. The van der Waals surface area contributed by atoms with E-state index in [0.29, 0.717) is 12.7 Å². The van der Waals surface area contributed by atoms with Crippen molar-refractivity contribution in [3.05, 3.63) is 29.6 Å². The topological polar surface area (TPSA) is 61.2 Å². The highest BCUT2D eigenvalue weighted by molar-refractivity contribution is 5.46. The third-order valence-corrected chi connectivity index (χ3v) is 3.94. The summed E-state index contributed by atoms with van der Waals surface area (Å²) in [5, 5.41) is 8.00.